The topological polar surface area (TPSA) is 46.3 Å². The van der Waals surface area contributed by atoms with Gasteiger partial charge in [0.05, 0.1) is 0 Å². The number of likely N-dealkylation sites (N-methyl/N-ethyl adjacent to an activating group) is 1. The summed E-state index contributed by atoms with van der Waals surface area (Å²) >= 11 is 0. The summed E-state index contributed by atoms with van der Waals surface area (Å²) in [4.78, 5) is 13.0. The summed E-state index contributed by atoms with van der Waals surface area (Å²) in [6.45, 7) is 8.00. The lowest BCUT2D eigenvalue weighted by molar-refractivity contribution is -0.125. The summed E-state index contributed by atoms with van der Waals surface area (Å²) in [5, 5.41) is 0. The van der Waals surface area contributed by atoms with Crippen LogP contribution in [0.2, 0.25) is 0 Å². The summed E-state index contributed by atoms with van der Waals surface area (Å²) in [7, 11) is 3.53. The Balaban J connectivity index is 0. The van der Waals surface area contributed by atoms with Crippen molar-refractivity contribution in [1.82, 2.24) is 4.90 Å². The van der Waals surface area contributed by atoms with Crippen molar-refractivity contribution in [3.63, 3.8) is 0 Å². The first kappa shape index (κ1) is 17.6. The van der Waals surface area contributed by atoms with Crippen LogP contribution >= 0.6 is 0 Å². The highest BCUT2D eigenvalue weighted by Crippen LogP contribution is 2.17. The summed E-state index contributed by atoms with van der Waals surface area (Å²) in [5.41, 5.74) is 6.63. The van der Waals surface area contributed by atoms with Crippen molar-refractivity contribution in [2.24, 2.45) is 5.73 Å². The van der Waals surface area contributed by atoms with E-state index in [2.05, 4.69) is 0 Å². The summed E-state index contributed by atoms with van der Waals surface area (Å²) in [6, 6.07) is 0.175. The Morgan fingerprint density at radius 1 is 1.31 bits per heavy atom. The number of amides is 1. The number of nitrogens with zero attached hydrogens (tertiary/aromatic N) is 1. The van der Waals surface area contributed by atoms with E-state index in [0.717, 1.165) is 24.8 Å². The van der Waals surface area contributed by atoms with E-state index >= 15 is 0 Å². The standard InChI is InChI=1S/C9H16N2O.2C2H6/c1-11(2)9(12)7-4-3-5-8(10)6-7;2*1-2/h4,8H,3,5-6,10H2,1-2H3;2*1-2H3. The third kappa shape index (κ3) is 6.62. The second-order valence-electron chi connectivity index (χ2n) is 3.47. The van der Waals surface area contributed by atoms with Gasteiger partial charge in [-0.25, -0.2) is 0 Å². The minimum atomic E-state index is 0.102. The molecule has 16 heavy (non-hydrogen) atoms. The molecule has 3 heteroatoms. The maximum Gasteiger partial charge on any atom is 0.248 e. The molecule has 0 aromatic rings. The van der Waals surface area contributed by atoms with E-state index in [9.17, 15) is 4.79 Å². The van der Waals surface area contributed by atoms with E-state index in [1.165, 1.54) is 0 Å². The number of rotatable bonds is 1. The molecule has 1 aliphatic carbocycles. The average molecular weight is 228 g/mol. The first-order valence-electron chi connectivity index (χ1n) is 6.27. The lowest BCUT2D eigenvalue weighted by Crippen LogP contribution is -2.30. The van der Waals surface area contributed by atoms with Gasteiger partial charge in [0, 0.05) is 25.7 Å². The Morgan fingerprint density at radius 3 is 2.19 bits per heavy atom. The van der Waals surface area contributed by atoms with Crippen LogP contribution < -0.4 is 5.73 Å². The molecule has 0 fully saturated rings. The molecule has 0 aromatic heterocycles. The van der Waals surface area contributed by atoms with Crippen molar-refractivity contribution in [1.29, 1.82) is 0 Å². The van der Waals surface area contributed by atoms with Gasteiger partial charge in [0.25, 0.3) is 0 Å². The average Bonchev–Trinajstić information content (AvgIpc) is 2.33. The minimum absolute atomic E-state index is 0.102. The van der Waals surface area contributed by atoms with Crippen LogP contribution in [0.1, 0.15) is 47.0 Å². The van der Waals surface area contributed by atoms with Crippen LogP contribution in [0.15, 0.2) is 11.6 Å². The maximum absolute atomic E-state index is 11.4. The predicted octanol–water partition coefficient (Wildman–Crippen LogP) is 2.56. The highest BCUT2D eigenvalue weighted by molar-refractivity contribution is 5.93. The van der Waals surface area contributed by atoms with Crippen molar-refractivity contribution >= 4 is 5.91 Å². The summed E-state index contributed by atoms with van der Waals surface area (Å²) in [6.07, 6.45) is 4.68. The predicted molar refractivity (Wildman–Crippen MR) is 71.3 cm³/mol. The van der Waals surface area contributed by atoms with Crippen molar-refractivity contribution in [3.8, 4) is 0 Å². The molecule has 1 unspecified atom stereocenters. The van der Waals surface area contributed by atoms with E-state index in [-0.39, 0.29) is 11.9 Å². The normalized spacial score (nSPS) is 18.2. The molecular weight excluding hydrogens is 200 g/mol. The van der Waals surface area contributed by atoms with Gasteiger partial charge in [-0.1, -0.05) is 33.8 Å². The van der Waals surface area contributed by atoms with Crippen LogP contribution in [0.25, 0.3) is 0 Å². The monoisotopic (exact) mass is 228 g/mol. The number of carbonyl (C=O) groups is 1. The van der Waals surface area contributed by atoms with Gasteiger partial charge < -0.3 is 10.6 Å². The van der Waals surface area contributed by atoms with Gasteiger partial charge in [-0.2, -0.15) is 0 Å². The molecule has 2 N–H and O–H groups in total. The second-order valence-corrected chi connectivity index (χ2v) is 3.47. The summed E-state index contributed by atoms with van der Waals surface area (Å²) < 4.78 is 0. The van der Waals surface area contributed by atoms with Crippen molar-refractivity contribution in [3.05, 3.63) is 11.6 Å². The first-order valence-corrected chi connectivity index (χ1v) is 6.27. The van der Waals surface area contributed by atoms with Crippen LogP contribution in [-0.2, 0) is 4.79 Å². The van der Waals surface area contributed by atoms with E-state index in [0.29, 0.717) is 0 Å². The fourth-order valence-electron chi connectivity index (χ4n) is 1.40. The molecule has 0 aromatic carbocycles. The molecule has 0 aliphatic heterocycles. The molecule has 96 valence electrons. The van der Waals surface area contributed by atoms with Gasteiger partial charge in [0.15, 0.2) is 0 Å². The molecule has 1 amide bonds. The van der Waals surface area contributed by atoms with Gasteiger partial charge >= 0.3 is 0 Å². The van der Waals surface area contributed by atoms with Gasteiger partial charge in [-0.15, -0.1) is 0 Å². The van der Waals surface area contributed by atoms with Gasteiger partial charge in [-0.05, 0) is 19.3 Å². The zero-order valence-electron chi connectivity index (χ0n) is 11.7. The Labute approximate surface area is 101 Å². The highest BCUT2D eigenvalue weighted by Gasteiger charge is 2.17. The number of carbonyl (C=O) groups excluding carboxylic acids is 1. The van der Waals surface area contributed by atoms with Crippen molar-refractivity contribution in [2.75, 3.05) is 14.1 Å². The Morgan fingerprint density at radius 2 is 1.81 bits per heavy atom. The minimum Gasteiger partial charge on any atom is -0.345 e. The number of nitrogens with two attached hydrogens (primary N) is 1. The molecule has 3 nitrogen and oxygen atoms in total. The fourth-order valence-corrected chi connectivity index (χ4v) is 1.40. The molecule has 0 radical (unpaired) electrons. The molecule has 0 bridgehead atoms. The van der Waals surface area contributed by atoms with Crippen LogP contribution in [0.3, 0.4) is 0 Å². The van der Waals surface area contributed by atoms with Crippen molar-refractivity contribution in [2.45, 2.75) is 53.0 Å². The first-order chi connectivity index (χ1) is 7.61. The molecule has 0 saturated carbocycles. The third-order valence-corrected chi connectivity index (χ3v) is 2.09. The Bertz CT molecular complexity index is 210. The second kappa shape index (κ2) is 10.7. The smallest absolute Gasteiger partial charge is 0.248 e. The third-order valence-electron chi connectivity index (χ3n) is 2.09. The van der Waals surface area contributed by atoms with Gasteiger partial charge in [0.1, 0.15) is 0 Å². The molecule has 1 rings (SSSR count). The molecule has 1 atom stereocenters. The van der Waals surface area contributed by atoms with Crippen LogP contribution in [0, 0.1) is 0 Å². The molecular formula is C13H28N2O. The van der Waals surface area contributed by atoms with E-state index in [1.807, 2.05) is 33.8 Å². The van der Waals surface area contributed by atoms with E-state index < -0.39 is 0 Å². The largest absolute Gasteiger partial charge is 0.345 e. The van der Waals surface area contributed by atoms with E-state index in [4.69, 9.17) is 5.73 Å². The lowest BCUT2D eigenvalue weighted by Gasteiger charge is -2.20. The summed E-state index contributed by atoms with van der Waals surface area (Å²) in [5.74, 6) is 0.102. The van der Waals surface area contributed by atoms with Crippen LogP contribution in [0.4, 0.5) is 0 Å². The Hall–Kier alpha value is -0.830. The van der Waals surface area contributed by atoms with Gasteiger partial charge in [0.2, 0.25) is 5.91 Å². The molecule has 1 aliphatic rings. The van der Waals surface area contributed by atoms with Gasteiger partial charge in [-0.3, -0.25) is 4.79 Å². The maximum atomic E-state index is 11.4. The quantitative estimate of drug-likeness (QED) is 0.749. The number of hydrogen-bond acceptors (Lipinski definition) is 2. The lowest BCUT2D eigenvalue weighted by atomic mass is 9.95. The van der Waals surface area contributed by atoms with Crippen molar-refractivity contribution < 1.29 is 4.79 Å². The number of hydrogen-bond donors (Lipinski definition) is 1. The SMILES string of the molecule is CC.CC.CN(C)C(=O)C1=CCCC(N)C1. The number of allylic oxidation sites excluding steroid dienone is 1. The molecule has 0 saturated heterocycles. The highest BCUT2D eigenvalue weighted by atomic mass is 16.2. The fraction of sp³-hybridized carbons (Fsp3) is 0.769. The zero-order chi connectivity index (χ0) is 13.1. The molecule has 0 heterocycles. The van der Waals surface area contributed by atoms with E-state index in [1.54, 1.807) is 19.0 Å². The molecule has 0 spiro atoms. The Kier molecular flexibility index (Phi) is 11.7. The zero-order valence-corrected chi connectivity index (χ0v) is 11.7. The van der Waals surface area contributed by atoms with Crippen LogP contribution in [0.5, 0.6) is 0 Å². The van der Waals surface area contributed by atoms with Crippen LogP contribution in [-0.4, -0.2) is 30.9 Å².